The van der Waals surface area contributed by atoms with Gasteiger partial charge in [-0.25, -0.2) is 0 Å². The van der Waals surface area contributed by atoms with Crippen LogP contribution in [0.15, 0.2) is 0 Å². The van der Waals surface area contributed by atoms with E-state index in [1.165, 1.54) is 0 Å². The summed E-state index contributed by atoms with van der Waals surface area (Å²) in [5.74, 6) is 0.193. The molecule has 0 aliphatic carbocycles. The molecule has 1 saturated heterocycles. The van der Waals surface area contributed by atoms with Crippen molar-refractivity contribution in [2.75, 3.05) is 45.9 Å². The van der Waals surface area contributed by atoms with Crippen molar-refractivity contribution in [2.45, 2.75) is 39.8 Å². The van der Waals surface area contributed by atoms with Gasteiger partial charge < -0.3 is 15.0 Å². The minimum absolute atomic E-state index is 0.115. The number of nitrogens with one attached hydrogen (secondary N) is 1. The van der Waals surface area contributed by atoms with E-state index in [1.807, 2.05) is 25.7 Å². The molecule has 0 spiro atoms. The minimum Gasteiger partial charge on any atom is -0.379 e. The van der Waals surface area contributed by atoms with Crippen LogP contribution in [0, 0.1) is 0 Å². The third-order valence-electron chi connectivity index (χ3n) is 3.62. The molecule has 19 heavy (non-hydrogen) atoms. The zero-order valence-electron chi connectivity index (χ0n) is 12.8. The molecule has 5 nitrogen and oxygen atoms in total. The predicted molar refractivity (Wildman–Crippen MR) is 77.2 cm³/mol. The third-order valence-corrected chi connectivity index (χ3v) is 3.62. The Labute approximate surface area is 117 Å². The summed E-state index contributed by atoms with van der Waals surface area (Å²) in [5.41, 5.74) is 0. The van der Waals surface area contributed by atoms with Crippen molar-refractivity contribution >= 4 is 5.91 Å². The van der Waals surface area contributed by atoms with Gasteiger partial charge in [0, 0.05) is 38.8 Å². The van der Waals surface area contributed by atoms with Crippen molar-refractivity contribution < 1.29 is 9.53 Å². The van der Waals surface area contributed by atoms with E-state index in [0.717, 1.165) is 45.9 Å². The number of nitrogens with zero attached hydrogens (tertiary/aromatic N) is 2. The highest BCUT2D eigenvalue weighted by Gasteiger charge is 2.21. The zero-order chi connectivity index (χ0) is 14.3. The first-order valence-electron chi connectivity index (χ1n) is 7.43. The highest BCUT2D eigenvalue weighted by Crippen LogP contribution is 2.01. The Balaban J connectivity index is 2.33. The number of likely N-dealkylation sites (N-methyl/N-ethyl adjacent to an activating group) is 1. The number of carbonyl (C=O) groups excluding carboxylic acids is 1. The second kappa shape index (κ2) is 8.51. The molecular weight excluding hydrogens is 242 g/mol. The van der Waals surface area contributed by atoms with Crippen LogP contribution >= 0.6 is 0 Å². The quantitative estimate of drug-likeness (QED) is 0.735. The van der Waals surface area contributed by atoms with Crippen LogP contribution < -0.4 is 5.32 Å². The van der Waals surface area contributed by atoms with Crippen LogP contribution in [0.4, 0.5) is 0 Å². The monoisotopic (exact) mass is 271 g/mol. The van der Waals surface area contributed by atoms with E-state index in [-0.39, 0.29) is 11.9 Å². The standard InChI is InChI=1S/C14H29N3O2/c1-5-17(6-2)14(18)13(4)15-12(3)11-16-7-9-19-10-8-16/h12-13,15H,5-11H2,1-4H3. The molecule has 1 amide bonds. The number of amides is 1. The van der Waals surface area contributed by atoms with E-state index >= 15 is 0 Å². The molecule has 0 aromatic heterocycles. The first-order chi connectivity index (χ1) is 9.08. The normalized spacial score (nSPS) is 20.0. The third kappa shape index (κ3) is 5.47. The lowest BCUT2D eigenvalue weighted by Crippen LogP contribution is -2.51. The molecule has 1 fully saturated rings. The Morgan fingerprint density at radius 2 is 1.84 bits per heavy atom. The van der Waals surface area contributed by atoms with Gasteiger partial charge in [0.2, 0.25) is 5.91 Å². The summed E-state index contributed by atoms with van der Waals surface area (Å²) in [5, 5.41) is 3.40. The maximum absolute atomic E-state index is 12.2. The summed E-state index contributed by atoms with van der Waals surface area (Å²) in [6.07, 6.45) is 0. The maximum Gasteiger partial charge on any atom is 0.239 e. The molecule has 112 valence electrons. The number of hydrogen-bond donors (Lipinski definition) is 1. The fraction of sp³-hybridized carbons (Fsp3) is 0.929. The predicted octanol–water partition coefficient (Wildman–Crippen LogP) is 0.554. The lowest BCUT2D eigenvalue weighted by Gasteiger charge is -2.31. The average Bonchev–Trinajstić information content (AvgIpc) is 2.40. The molecule has 1 rings (SSSR count). The zero-order valence-corrected chi connectivity index (χ0v) is 12.8. The van der Waals surface area contributed by atoms with Crippen molar-refractivity contribution in [1.82, 2.24) is 15.1 Å². The number of hydrogen-bond acceptors (Lipinski definition) is 4. The maximum atomic E-state index is 12.2. The van der Waals surface area contributed by atoms with Crippen molar-refractivity contribution in [1.29, 1.82) is 0 Å². The molecule has 1 heterocycles. The van der Waals surface area contributed by atoms with E-state index in [9.17, 15) is 4.79 Å². The Bertz CT molecular complexity index is 263. The molecule has 1 N–H and O–H groups in total. The van der Waals surface area contributed by atoms with E-state index in [2.05, 4.69) is 17.1 Å². The summed E-state index contributed by atoms with van der Waals surface area (Å²) in [4.78, 5) is 16.4. The summed E-state index contributed by atoms with van der Waals surface area (Å²) in [7, 11) is 0. The number of carbonyl (C=O) groups is 1. The van der Waals surface area contributed by atoms with Crippen LogP contribution in [0.3, 0.4) is 0 Å². The number of ether oxygens (including phenoxy) is 1. The van der Waals surface area contributed by atoms with Crippen LogP contribution in [0.1, 0.15) is 27.7 Å². The Kier molecular flexibility index (Phi) is 7.34. The van der Waals surface area contributed by atoms with Crippen LogP contribution in [-0.2, 0) is 9.53 Å². The molecule has 0 saturated carbocycles. The molecule has 2 unspecified atom stereocenters. The first-order valence-corrected chi connectivity index (χ1v) is 7.43. The molecule has 1 aliphatic rings. The second-order valence-electron chi connectivity index (χ2n) is 5.21. The van der Waals surface area contributed by atoms with Crippen molar-refractivity contribution in [3.8, 4) is 0 Å². The summed E-state index contributed by atoms with van der Waals surface area (Å²) >= 11 is 0. The molecule has 2 atom stereocenters. The van der Waals surface area contributed by atoms with Crippen LogP contribution in [-0.4, -0.2) is 73.7 Å². The fourth-order valence-corrected chi connectivity index (χ4v) is 2.53. The van der Waals surface area contributed by atoms with Crippen LogP contribution in [0.2, 0.25) is 0 Å². The molecule has 0 aromatic rings. The molecule has 0 bridgehead atoms. The van der Waals surface area contributed by atoms with Crippen molar-refractivity contribution in [3.05, 3.63) is 0 Å². The van der Waals surface area contributed by atoms with Gasteiger partial charge in [0.1, 0.15) is 0 Å². The van der Waals surface area contributed by atoms with E-state index < -0.39 is 0 Å². The number of rotatable bonds is 7. The van der Waals surface area contributed by atoms with Gasteiger partial charge >= 0.3 is 0 Å². The highest BCUT2D eigenvalue weighted by atomic mass is 16.5. The largest absolute Gasteiger partial charge is 0.379 e. The summed E-state index contributed by atoms with van der Waals surface area (Å²) < 4.78 is 5.34. The van der Waals surface area contributed by atoms with Gasteiger partial charge in [-0.1, -0.05) is 0 Å². The average molecular weight is 271 g/mol. The van der Waals surface area contributed by atoms with Gasteiger partial charge in [0.15, 0.2) is 0 Å². The van der Waals surface area contributed by atoms with E-state index in [4.69, 9.17) is 4.74 Å². The molecule has 0 radical (unpaired) electrons. The summed E-state index contributed by atoms with van der Waals surface area (Å²) in [6.45, 7) is 14.3. The first kappa shape index (κ1) is 16.4. The van der Waals surface area contributed by atoms with Gasteiger partial charge in [-0.05, 0) is 27.7 Å². The highest BCUT2D eigenvalue weighted by molar-refractivity contribution is 5.81. The lowest BCUT2D eigenvalue weighted by atomic mass is 10.2. The van der Waals surface area contributed by atoms with Gasteiger partial charge in [0.25, 0.3) is 0 Å². The smallest absolute Gasteiger partial charge is 0.239 e. The van der Waals surface area contributed by atoms with Gasteiger partial charge in [-0.3, -0.25) is 9.69 Å². The molecule has 5 heteroatoms. The fourth-order valence-electron chi connectivity index (χ4n) is 2.53. The van der Waals surface area contributed by atoms with Crippen molar-refractivity contribution in [2.24, 2.45) is 0 Å². The lowest BCUT2D eigenvalue weighted by molar-refractivity contribution is -0.132. The minimum atomic E-state index is -0.115. The van der Waals surface area contributed by atoms with Gasteiger partial charge in [0.05, 0.1) is 19.3 Å². The van der Waals surface area contributed by atoms with Crippen LogP contribution in [0.5, 0.6) is 0 Å². The van der Waals surface area contributed by atoms with Crippen molar-refractivity contribution in [3.63, 3.8) is 0 Å². The summed E-state index contributed by atoms with van der Waals surface area (Å²) in [6, 6.07) is 0.198. The second-order valence-corrected chi connectivity index (χ2v) is 5.21. The van der Waals surface area contributed by atoms with Gasteiger partial charge in [-0.15, -0.1) is 0 Å². The SMILES string of the molecule is CCN(CC)C(=O)C(C)NC(C)CN1CCOCC1. The Morgan fingerprint density at radius 1 is 1.26 bits per heavy atom. The van der Waals surface area contributed by atoms with Crippen LogP contribution in [0.25, 0.3) is 0 Å². The molecule has 1 aliphatic heterocycles. The molecule has 0 aromatic carbocycles. The van der Waals surface area contributed by atoms with E-state index in [0.29, 0.717) is 6.04 Å². The number of morpholine rings is 1. The Hall–Kier alpha value is -0.650. The molecular formula is C14H29N3O2. The topological polar surface area (TPSA) is 44.8 Å². The van der Waals surface area contributed by atoms with E-state index in [1.54, 1.807) is 0 Å². The van der Waals surface area contributed by atoms with Gasteiger partial charge in [-0.2, -0.15) is 0 Å². The Morgan fingerprint density at radius 3 is 2.37 bits per heavy atom.